The molecule has 0 atom stereocenters. The van der Waals surface area contributed by atoms with Crippen molar-refractivity contribution in [3.05, 3.63) is 29.6 Å². The average molecular weight is 190 g/mol. The second kappa shape index (κ2) is 3.28. The number of hydrogen-bond acceptors (Lipinski definition) is 1. The Morgan fingerprint density at radius 2 is 1.92 bits per heavy atom. The number of alkyl halides is 2. The summed E-state index contributed by atoms with van der Waals surface area (Å²) in [5, 5.41) is 0. The Hall–Kier alpha value is -1.19. The molecule has 1 aromatic carbocycles. The highest BCUT2D eigenvalue weighted by molar-refractivity contribution is 5.31. The van der Waals surface area contributed by atoms with E-state index in [0.717, 1.165) is 12.1 Å². The fourth-order valence-electron chi connectivity index (χ4n) is 0.979. The fraction of sp³-hybridized carbons (Fsp3) is 0.333. The molecule has 0 fully saturated rings. The summed E-state index contributed by atoms with van der Waals surface area (Å²) in [5.74, 6) is -3.88. The van der Waals surface area contributed by atoms with Crippen molar-refractivity contribution in [3.63, 3.8) is 0 Å². The normalized spacial score (nSPS) is 11.5. The monoisotopic (exact) mass is 190 g/mol. The molecule has 0 aromatic heterocycles. The van der Waals surface area contributed by atoms with E-state index in [1.165, 1.54) is 13.2 Å². The van der Waals surface area contributed by atoms with E-state index in [2.05, 4.69) is 4.74 Å². The van der Waals surface area contributed by atoms with Crippen LogP contribution in [0.3, 0.4) is 0 Å². The molecule has 0 unspecified atom stereocenters. The predicted molar refractivity (Wildman–Crippen MR) is 42.5 cm³/mol. The molecular weight excluding hydrogens is 181 g/mol. The molecule has 0 radical (unpaired) electrons. The third-order valence-corrected chi connectivity index (χ3v) is 1.65. The van der Waals surface area contributed by atoms with Gasteiger partial charge in [-0.05, 0) is 12.1 Å². The van der Waals surface area contributed by atoms with Gasteiger partial charge >= 0.3 is 0 Å². The van der Waals surface area contributed by atoms with Crippen molar-refractivity contribution in [2.75, 3.05) is 7.11 Å². The first-order valence-corrected chi connectivity index (χ1v) is 3.67. The minimum Gasteiger partial charge on any atom is -0.497 e. The van der Waals surface area contributed by atoms with Crippen LogP contribution in [0.25, 0.3) is 0 Å². The van der Waals surface area contributed by atoms with Gasteiger partial charge in [-0.2, -0.15) is 0 Å². The molecule has 0 heterocycles. The Morgan fingerprint density at radius 1 is 1.31 bits per heavy atom. The number of methoxy groups -OCH3 is 1. The molecule has 0 saturated heterocycles. The molecular formula is C9H9F3O. The van der Waals surface area contributed by atoms with Crippen LogP contribution in [0.5, 0.6) is 5.75 Å². The Labute approximate surface area is 74.1 Å². The molecule has 0 N–H and O–H groups in total. The van der Waals surface area contributed by atoms with Crippen LogP contribution in [0.1, 0.15) is 12.5 Å². The van der Waals surface area contributed by atoms with Crippen LogP contribution in [0.15, 0.2) is 18.2 Å². The van der Waals surface area contributed by atoms with Crippen molar-refractivity contribution in [1.29, 1.82) is 0 Å². The maximum Gasteiger partial charge on any atom is 0.273 e. The van der Waals surface area contributed by atoms with Gasteiger partial charge in [-0.1, -0.05) is 0 Å². The first kappa shape index (κ1) is 9.89. The smallest absolute Gasteiger partial charge is 0.273 e. The highest BCUT2D eigenvalue weighted by atomic mass is 19.3. The third kappa shape index (κ3) is 2.14. The summed E-state index contributed by atoms with van der Waals surface area (Å²) in [6, 6.07) is 3.26. The van der Waals surface area contributed by atoms with Gasteiger partial charge < -0.3 is 4.74 Å². The maximum absolute atomic E-state index is 13.0. The van der Waals surface area contributed by atoms with Gasteiger partial charge in [0.25, 0.3) is 5.92 Å². The van der Waals surface area contributed by atoms with Crippen molar-refractivity contribution in [1.82, 2.24) is 0 Å². The molecule has 4 heteroatoms. The summed E-state index contributed by atoms with van der Waals surface area (Å²) in [4.78, 5) is 0. The van der Waals surface area contributed by atoms with Gasteiger partial charge in [-0.15, -0.1) is 0 Å². The summed E-state index contributed by atoms with van der Waals surface area (Å²) in [6.07, 6.45) is 0. The predicted octanol–water partition coefficient (Wildman–Crippen LogP) is 2.95. The van der Waals surface area contributed by atoms with Crippen molar-refractivity contribution in [3.8, 4) is 5.75 Å². The van der Waals surface area contributed by atoms with Crippen LogP contribution >= 0.6 is 0 Å². The van der Waals surface area contributed by atoms with Crippen LogP contribution in [0.4, 0.5) is 13.2 Å². The lowest BCUT2D eigenvalue weighted by molar-refractivity contribution is 0.0137. The second-order valence-electron chi connectivity index (χ2n) is 2.73. The van der Waals surface area contributed by atoms with Crippen molar-refractivity contribution in [2.45, 2.75) is 12.8 Å². The molecule has 13 heavy (non-hydrogen) atoms. The van der Waals surface area contributed by atoms with Crippen molar-refractivity contribution < 1.29 is 17.9 Å². The SMILES string of the molecule is COc1ccc(C(C)(F)F)c(F)c1. The van der Waals surface area contributed by atoms with Crippen LogP contribution in [0, 0.1) is 5.82 Å². The molecule has 72 valence electrons. The lowest BCUT2D eigenvalue weighted by Crippen LogP contribution is -2.09. The van der Waals surface area contributed by atoms with Crippen LogP contribution < -0.4 is 4.74 Å². The van der Waals surface area contributed by atoms with Crippen LogP contribution in [-0.4, -0.2) is 7.11 Å². The van der Waals surface area contributed by atoms with Crippen molar-refractivity contribution >= 4 is 0 Å². The zero-order chi connectivity index (χ0) is 10.1. The quantitative estimate of drug-likeness (QED) is 0.696. The average Bonchev–Trinajstić information content (AvgIpc) is 2.01. The Morgan fingerprint density at radius 3 is 2.31 bits per heavy atom. The van der Waals surface area contributed by atoms with E-state index < -0.39 is 17.3 Å². The molecule has 0 spiro atoms. The van der Waals surface area contributed by atoms with Crippen molar-refractivity contribution in [2.24, 2.45) is 0 Å². The minimum absolute atomic E-state index is 0.227. The van der Waals surface area contributed by atoms with Crippen LogP contribution in [-0.2, 0) is 5.92 Å². The van der Waals surface area contributed by atoms with E-state index in [9.17, 15) is 13.2 Å². The number of ether oxygens (including phenoxy) is 1. The number of rotatable bonds is 2. The molecule has 0 aliphatic rings. The standard InChI is InChI=1S/C9H9F3O/c1-9(11,12)7-4-3-6(13-2)5-8(7)10/h3-5H,1-2H3. The number of benzene rings is 1. The maximum atomic E-state index is 13.0. The molecule has 1 nitrogen and oxygen atoms in total. The highest BCUT2D eigenvalue weighted by Crippen LogP contribution is 2.30. The molecule has 0 bridgehead atoms. The topological polar surface area (TPSA) is 9.23 Å². The van der Waals surface area contributed by atoms with Gasteiger partial charge in [0.2, 0.25) is 0 Å². The molecule has 1 rings (SSSR count). The van der Waals surface area contributed by atoms with Gasteiger partial charge in [0, 0.05) is 13.0 Å². The van der Waals surface area contributed by atoms with Gasteiger partial charge in [-0.25, -0.2) is 13.2 Å². The molecule has 0 saturated carbocycles. The summed E-state index contributed by atoms with van der Waals surface area (Å²) >= 11 is 0. The summed E-state index contributed by atoms with van der Waals surface area (Å²) < 4.78 is 43.0. The van der Waals surface area contributed by atoms with E-state index in [1.807, 2.05) is 0 Å². The molecule has 0 aliphatic heterocycles. The lowest BCUT2D eigenvalue weighted by atomic mass is 10.1. The zero-order valence-corrected chi connectivity index (χ0v) is 7.27. The van der Waals surface area contributed by atoms with Crippen LogP contribution in [0.2, 0.25) is 0 Å². The third-order valence-electron chi connectivity index (χ3n) is 1.65. The molecule has 0 aliphatic carbocycles. The zero-order valence-electron chi connectivity index (χ0n) is 7.27. The minimum atomic E-state index is -3.16. The largest absolute Gasteiger partial charge is 0.497 e. The van der Waals surface area contributed by atoms with Gasteiger partial charge in [0.1, 0.15) is 11.6 Å². The van der Waals surface area contributed by atoms with E-state index in [4.69, 9.17) is 0 Å². The lowest BCUT2D eigenvalue weighted by Gasteiger charge is -2.11. The first-order chi connectivity index (χ1) is 5.95. The van der Waals surface area contributed by atoms with Gasteiger partial charge in [-0.3, -0.25) is 0 Å². The Kier molecular flexibility index (Phi) is 2.50. The van der Waals surface area contributed by atoms with Gasteiger partial charge in [0.05, 0.1) is 12.7 Å². The summed E-state index contributed by atoms with van der Waals surface area (Å²) in [7, 11) is 1.35. The summed E-state index contributed by atoms with van der Waals surface area (Å²) in [6.45, 7) is 0.651. The Bertz CT molecular complexity index is 304. The molecule has 1 aromatic rings. The van der Waals surface area contributed by atoms with E-state index in [0.29, 0.717) is 6.92 Å². The summed E-state index contributed by atoms with van der Waals surface area (Å²) in [5.41, 5.74) is -0.617. The van der Waals surface area contributed by atoms with Gasteiger partial charge in [0.15, 0.2) is 0 Å². The first-order valence-electron chi connectivity index (χ1n) is 3.67. The number of hydrogen-bond donors (Lipinski definition) is 0. The van der Waals surface area contributed by atoms with E-state index >= 15 is 0 Å². The number of halogens is 3. The van der Waals surface area contributed by atoms with E-state index in [-0.39, 0.29) is 5.75 Å². The Balaban J connectivity index is 3.13. The van der Waals surface area contributed by atoms with E-state index in [1.54, 1.807) is 0 Å². The fourth-order valence-corrected chi connectivity index (χ4v) is 0.979. The molecule has 0 amide bonds. The second-order valence-corrected chi connectivity index (χ2v) is 2.73. The highest BCUT2D eigenvalue weighted by Gasteiger charge is 2.28.